The molecule has 0 spiro atoms. The van der Waals surface area contributed by atoms with Gasteiger partial charge in [-0.15, -0.1) is 0 Å². The van der Waals surface area contributed by atoms with E-state index >= 15 is 0 Å². The van der Waals surface area contributed by atoms with Gasteiger partial charge >= 0.3 is 5.97 Å². The van der Waals surface area contributed by atoms with Gasteiger partial charge in [-0.3, -0.25) is 4.79 Å². The van der Waals surface area contributed by atoms with E-state index in [1.54, 1.807) is 30.3 Å². The van der Waals surface area contributed by atoms with Crippen LogP contribution in [0.3, 0.4) is 0 Å². The summed E-state index contributed by atoms with van der Waals surface area (Å²) in [6.07, 6.45) is 0.899. The first-order valence-corrected chi connectivity index (χ1v) is 7.33. The van der Waals surface area contributed by atoms with Crippen molar-refractivity contribution in [2.45, 2.75) is 13.3 Å². The molecule has 23 heavy (non-hydrogen) atoms. The molecule has 0 fully saturated rings. The third-order valence-corrected chi connectivity index (χ3v) is 3.28. The minimum Gasteiger partial charge on any atom is -0.484 e. The van der Waals surface area contributed by atoms with Crippen molar-refractivity contribution in [2.75, 3.05) is 19.0 Å². The van der Waals surface area contributed by atoms with Crippen molar-refractivity contribution >= 4 is 17.6 Å². The minimum atomic E-state index is -0.502. The molecule has 5 nitrogen and oxygen atoms in total. The molecular formula is C18H19NO4. The molecule has 1 N–H and O–H groups in total. The van der Waals surface area contributed by atoms with Gasteiger partial charge in [0, 0.05) is 0 Å². The first-order chi connectivity index (χ1) is 11.1. The third kappa shape index (κ3) is 4.57. The van der Waals surface area contributed by atoms with Crippen LogP contribution in [0, 0.1) is 0 Å². The first-order valence-electron chi connectivity index (χ1n) is 7.33. The molecule has 2 rings (SSSR count). The fourth-order valence-electron chi connectivity index (χ4n) is 2.07. The van der Waals surface area contributed by atoms with E-state index in [4.69, 9.17) is 9.47 Å². The molecule has 0 aromatic heterocycles. The van der Waals surface area contributed by atoms with Crippen LogP contribution in [0.2, 0.25) is 0 Å². The van der Waals surface area contributed by atoms with Gasteiger partial charge in [0.1, 0.15) is 5.75 Å². The van der Waals surface area contributed by atoms with Crippen molar-refractivity contribution in [2.24, 2.45) is 0 Å². The zero-order chi connectivity index (χ0) is 16.7. The number of nitrogens with one attached hydrogen (secondary N) is 1. The monoisotopic (exact) mass is 313 g/mol. The minimum absolute atomic E-state index is 0.136. The van der Waals surface area contributed by atoms with Gasteiger partial charge in [-0.25, -0.2) is 4.79 Å². The van der Waals surface area contributed by atoms with Crippen molar-refractivity contribution in [3.63, 3.8) is 0 Å². The lowest BCUT2D eigenvalue weighted by Gasteiger charge is -2.11. The smallest absolute Gasteiger partial charge is 0.339 e. The number of carbonyl (C=O) groups is 2. The summed E-state index contributed by atoms with van der Waals surface area (Å²) in [7, 11) is 1.30. The molecule has 0 heterocycles. The second-order valence-electron chi connectivity index (χ2n) is 4.87. The zero-order valence-electron chi connectivity index (χ0n) is 13.2. The lowest BCUT2D eigenvalue weighted by atomic mass is 10.2. The number of aryl methyl sites for hydroxylation is 1. The Kier molecular flexibility index (Phi) is 5.74. The van der Waals surface area contributed by atoms with Gasteiger partial charge in [-0.05, 0) is 36.2 Å². The first kappa shape index (κ1) is 16.5. The predicted octanol–water partition coefficient (Wildman–Crippen LogP) is 3.05. The Morgan fingerprint density at radius 1 is 1.09 bits per heavy atom. The highest BCUT2D eigenvalue weighted by atomic mass is 16.5. The maximum absolute atomic E-state index is 12.0. The van der Waals surface area contributed by atoms with Gasteiger partial charge in [0.25, 0.3) is 5.91 Å². The highest BCUT2D eigenvalue weighted by Gasteiger charge is 2.13. The second-order valence-corrected chi connectivity index (χ2v) is 4.87. The summed E-state index contributed by atoms with van der Waals surface area (Å²) in [6, 6.07) is 14.2. The van der Waals surface area contributed by atoms with E-state index in [1.807, 2.05) is 18.2 Å². The highest BCUT2D eigenvalue weighted by Crippen LogP contribution is 2.17. The summed E-state index contributed by atoms with van der Waals surface area (Å²) in [5, 5.41) is 2.66. The Bertz CT molecular complexity index is 697. The number of esters is 1. The number of rotatable bonds is 6. The molecular weight excluding hydrogens is 294 g/mol. The van der Waals surface area contributed by atoms with Crippen LogP contribution in [-0.4, -0.2) is 25.6 Å². The molecule has 5 heteroatoms. The summed E-state index contributed by atoms with van der Waals surface area (Å²) in [6.45, 7) is 1.91. The molecule has 0 bridgehead atoms. The van der Waals surface area contributed by atoms with Gasteiger partial charge in [-0.1, -0.05) is 31.2 Å². The quantitative estimate of drug-likeness (QED) is 0.833. The molecule has 0 saturated carbocycles. The van der Waals surface area contributed by atoms with Crippen LogP contribution in [0.1, 0.15) is 22.8 Å². The van der Waals surface area contributed by atoms with Crippen molar-refractivity contribution in [1.29, 1.82) is 0 Å². The number of ether oxygens (including phenoxy) is 2. The van der Waals surface area contributed by atoms with E-state index in [0.717, 1.165) is 12.0 Å². The summed E-state index contributed by atoms with van der Waals surface area (Å²) < 4.78 is 10.2. The number of amides is 1. The number of carbonyl (C=O) groups excluding carboxylic acids is 2. The molecule has 120 valence electrons. The third-order valence-electron chi connectivity index (χ3n) is 3.28. The summed E-state index contributed by atoms with van der Waals surface area (Å²) in [4.78, 5) is 23.7. The maximum atomic E-state index is 12.0. The van der Waals surface area contributed by atoms with Crippen LogP contribution in [0.15, 0.2) is 48.5 Å². The largest absolute Gasteiger partial charge is 0.484 e. The Labute approximate surface area is 135 Å². The Hall–Kier alpha value is -2.82. The average molecular weight is 313 g/mol. The van der Waals surface area contributed by atoms with Crippen LogP contribution in [0.25, 0.3) is 0 Å². The molecule has 0 atom stereocenters. The number of hydrogen-bond donors (Lipinski definition) is 1. The number of benzene rings is 2. The van der Waals surface area contributed by atoms with Gasteiger partial charge in [0.2, 0.25) is 0 Å². The standard InChI is InChI=1S/C18H19NO4/c1-3-13-7-6-8-14(11-13)23-12-17(20)19-16-10-5-4-9-15(16)18(21)22-2/h4-11H,3,12H2,1-2H3,(H,19,20). The SMILES string of the molecule is CCc1cccc(OCC(=O)Nc2ccccc2C(=O)OC)c1. The van der Waals surface area contributed by atoms with Crippen molar-refractivity contribution in [1.82, 2.24) is 0 Å². The molecule has 0 aliphatic rings. The topological polar surface area (TPSA) is 64.6 Å². The number of para-hydroxylation sites is 1. The van der Waals surface area contributed by atoms with E-state index in [-0.39, 0.29) is 12.5 Å². The fourth-order valence-corrected chi connectivity index (χ4v) is 2.07. The van der Waals surface area contributed by atoms with Gasteiger partial charge in [-0.2, -0.15) is 0 Å². The molecule has 2 aromatic rings. The van der Waals surface area contributed by atoms with Crippen LogP contribution in [0.4, 0.5) is 5.69 Å². The Morgan fingerprint density at radius 2 is 1.87 bits per heavy atom. The molecule has 0 unspecified atom stereocenters. The summed E-state index contributed by atoms with van der Waals surface area (Å²) >= 11 is 0. The molecule has 0 radical (unpaired) electrons. The van der Waals surface area contributed by atoms with E-state index in [2.05, 4.69) is 12.2 Å². The fraction of sp³-hybridized carbons (Fsp3) is 0.222. The molecule has 2 aromatic carbocycles. The number of hydrogen-bond acceptors (Lipinski definition) is 4. The summed E-state index contributed by atoms with van der Waals surface area (Å²) in [5.41, 5.74) is 1.84. The molecule has 0 aliphatic carbocycles. The number of methoxy groups -OCH3 is 1. The lowest BCUT2D eigenvalue weighted by Crippen LogP contribution is -2.21. The van der Waals surface area contributed by atoms with Gasteiger partial charge in [0.15, 0.2) is 6.61 Å². The van der Waals surface area contributed by atoms with Crippen LogP contribution in [-0.2, 0) is 16.0 Å². The van der Waals surface area contributed by atoms with Crippen LogP contribution in [0.5, 0.6) is 5.75 Å². The average Bonchev–Trinajstić information content (AvgIpc) is 2.60. The van der Waals surface area contributed by atoms with E-state index in [9.17, 15) is 9.59 Å². The molecule has 0 saturated heterocycles. The Morgan fingerprint density at radius 3 is 2.61 bits per heavy atom. The maximum Gasteiger partial charge on any atom is 0.339 e. The van der Waals surface area contributed by atoms with Gasteiger partial charge < -0.3 is 14.8 Å². The predicted molar refractivity (Wildman–Crippen MR) is 87.7 cm³/mol. The molecule has 1 amide bonds. The van der Waals surface area contributed by atoms with E-state index in [0.29, 0.717) is 17.0 Å². The Balaban J connectivity index is 1.99. The second kappa shape index (κ2) is 7.98. The number of anilines is 1. The van der Waals surface area contributed by atoms with Crippen molar-refractivity contribution < 1.29 is 19.1 Å². The lowest BCUT2D eigenvalue weighted by molar-refractivity contribution is -0.118. The highest BCUT2D eigenvalue weighted by molar-refractivity contribution is 6.01. The van der Waals surface area contributed by atoms with Crippen molar-refractivity contribution in [3.05, 3.63) is 59.7 Å². The van der Waals surface area contributed by atoms with Gasteiger partial charge in [0.05, 0.1) is 18.4 Å². The van der Waals surface area contributed by atoms with Crippen LogP contribution >= 0.6 is 0 Å². The normalized spacial score (nSPS) is 10.0. The van der Waals surface area contributed by atoms with E-state index < -0.39 is 5.97 Å². The zero-order valence-corrected chi connectivity index (χ0v) is 13.2. The molecule has 0 aliphatic heterocycles. The van der Waals surface area contributed by atoms with Crippen LogP contribution < -0.4 is 10.1 Å². The van der Waals surface area contributed by atoms with Crippen molar-refractivity contribution in [3.8, 4) is 5.75 Å². The van der Waals surface area contributed by atoms with E-state index in [1.165, 1.54) is 7.11 Å². The summed E-state index contributed by atoms with van der Waals surface area (Å²) in [5.74, 6) is -0.207.